The van der Waals surface area contributed by atoms with Crippen LogP contribution in [0.5, 0.6) is 0 Å². The number of benzene rings is 1. The molecule has 1 aliphatic carbocycles. The Labute approximate surface area is 158 Å². The van der Waals surface area contributed by atoms with Crippen molar-refractivity contribution in [1.29, 1.82) is 0 Å². The van der Waals surface area contributed by atoms with Crippen molar-refractivity contribution in [2.24, 2.45) is 11.7 Å². The van der Waals surface area contributed by atoms with Crippen LogP contribution in [0.15, 0.2) is 18.2 Å². The van der Waals surface area contributed by atoms with Crippen LogP contribution in [0.25, 0.3) is 0 Å². The molecule has 0 radical (unpaired) electrons. The molecule has 0 saturated heterocycles. The molecule has 1 aliphatic rings. The second kappa shape index (κ2) is 8.39. The fourth-order valence-electron chi connectivity index (χ4n) is 2.42. The molecule has 1 aromatic carbocycles. The molecular formula is C16H22Cl3N3O2. The highest BCUT2D eigenvalue weighted by atomic mass is 35.5. The van der Waals surface area contributed by atoms with Gasteiger partial charge in [0.15, 0.2) is 0 Å². The molecule has 0 spiro atoms. The Morgan fingerprint density at radius 1 is 1.25 bits per heavy atom. The highest BCUT2D eigenvalue weighted by molar-refractivity contribution is 6.36. The van der Waals surface area contributed by atoms with E-state index in [2.05, 4.69) is 10.6 Å². The van der Waals surface area contributed by atoms with Gasteiger partial charge in [-0.15, -0.1) is 12.4 Å². The van der Waals surface area contributed by atoms with Gasteiger partial charge in [-0.05, 0) is 30.9 Å². The van der Waals surface area contributed by atoms with E-state index in [0.717, 1.165) is 18.4 Å². The van der Waals surface area contributed by atoms with E-state index in [1.54, 1.807) is 18.2 Å². The maximum Gasteiger partial charge on any atom is 0.240 e. The maximum atomic E-state index is 12.1. The van der Waals surface area contributed by atoms with Crippen molar-refractivity contribution in [3.05, 3.63) is 33.8 Å². The summed E-state index contributed by atoms with van der Waals surface area (Å²) in [6, 6.07) is 4.63. The molecule has 134 valence electrons. The van der Waals surface area contributed by atoms with E-state index in [0.29, 0.717) is 10.0 Å². The number of hydrogen-bond acceptors (Lipinski definition) is 3. The van der Waals surface area contributed by atoms with E-state index in [-0.39, 0.29) is 36.7 Å². The lowest BCUT2D eigenvalue weighted by Gasteiger charge is -2.21. The van der Waals surface area contributed by atoms with Crippen LogP contribution in [-0.4, -0.2) is 24.4 Å². The number of amides is 2. The maximum absolute atomic E-state index is 12.1. The first-order chi connectivity index (χ1) is 10.8. The predicted molar refractivity (Wildman–Crippen MR) is 98.6 cm³/mol. The molecule has 2 rings (SSSR count). The quantitative estimate of drug-likeness (QED) is 0.693. The number of carbonyl (C=O) groups is 2. The van der Waals surface area contributed by atoms with Gasteiger partial charge < -0.3 is 16.4 Å². The summed E-state index contributed by atoms with van der Waals surface area (Å²) >= 11 is 12.4. The van der Waals surface area contributed by atoms with Crippen molar-refractivity contribution >= 4 is 47.4 Å². The number of halogens is 3. The molecule has 2 amide bonds. The van der Waals surface area contributed by atoms with E-state index in [4.69, 9.17) is 28.9 Å². The topological polar surface area (TPSA) is 84.2 Å². The Hall–Kier alpha value is -1.01. The normalized spacial score (nSPS) is 16.1. The molecule has 1 atom stereocenters. The van der Waals surface area contributed by atoms with Gasteiger partial charge in [0.05, 0.1) is 18.1 Å². The first kappa shape index (κ1) is 21.0. The minimum atomic E-state index is -0.629. The summed E-state index contributed by atoms with van der Waals surface area (Å²) < 4.78 is 0. The molecule has 5 nitrogen and oxygen atoms in total. The fourth-order valence-corrected chi connectivity index (χ4v) is 3.18. The van der Waals surface area contributed by atoms with E-state index >= 15 is 0 Å². The Balaban J connectivity index is 0.00000288. The van der Waals surface area contributed by atoms with Crippen LogP contribution < -0.4 is 16.4 Å². The number of nitrogens with two attached hydrogens (primary N) is 1. The van der Waals surface area contributed by atoms with Crippen LogP contribution in [0, 0.1) is 5.92 Å². The van der Waals surface area contributed by atoms with Crippen molar-refractivity contribution in [3.8, 4) is 0 Å². The lowest BCUT2D eigenvalue weighted by molar-refractivity contribution is -0.127. The van der Waals surface area contributed by atoms with E-state index in [1.165, 1.54) is 0 Å². The zero-order valence-electron chi connectivity index (χ0n) is 13.6. The van der Waals surface area contributed by atoms with Crippen molar-refractivity contribution in [3.63, 3.8) is 0 Å². The average Bonchev–Trinajstić information content (AvgIpc) is 3.23. The summed E-state index contributed by atoms with van der Waals surface area (Å²) in [5.41, 5.74) is 5.95. The smallest absolute Gasteiger partial charge is 0.240 e. The van der Waals surface area contributed by atoms with Crippen molar-refractivity contribution < 1.29 is 9.59 Å². The Kier molecular flexibility index (Phi) is 7.35. The zero-order chi connectivity index (χ0) is 17.2. The molecule has 1 saturated carbocycles. The largest absolute Gasteiger partial charge is 0.346 e. The highest BCUT2D eigenvalue weighted by Gasteiger charge is 2.48. The van der Waals surface area contributed by atoms with Crippen molar-refractivity contribution in [2.45, 2.75) is 38.3 Å². The Bertz CT molecular complexity index is 598. The van der Waals surface area contributed by atoms with Crippen molar-refractivity contribution in [2.75, 3.05) is 6.54 Å². The van der Waals surface area contributed by atoms with Gasteiger partial charge in [0.2, 0.25) is 11.8 Å². The third-order valence-electron chi connectivity index (χ3n) is 4.01. The van der Waals surface area contributed by atoms with Crippen LogP contribution >= 0.6 is 35.6 Å². The second-order valence-electron chi connectivity index (χ2n) is 6.21. The zero-order valence-corrected chi connectivity index (χ0v) is 15.9. The van der Waals surface area contributed by atoms with E-state index in [1.807, 2.05) is 13.8 Å². The highest BCUT2D eigenvalue weighted by Crippen LogP contribution is 2.50. The molecule has 24 heavy (non-hydrogen) atoms. The summed E-state index contributed by atoms with van der Waals surface area (Å²) in [6.07, 6.45) is 1.53. The molecule has 0 aliphatic heterocycles. The SMILES string of the molecule is CC(C)[C@H](N)C(=O)NCC(=O)NC1(c2c(Cl)cccc2Cl)CC1.Cl. The molecule has 1 fully saturated rings. The third kappa shape index (κ3) is 4.76. The Morgan fingerprint density at radius 2 is 1.79 bits per heavy atom. The molecule has 0 bridgehead atoms. The monoisotopic (exact) mass is 393 g/mol. The van der Waals surface area contributed by atoms with Gasteiger partial charge in [-0.3, -0.25) is 9.59 Å². The molecule has 4 N–H and O–H groups in total. The molecule has 0 heterocycles. The Morgan fingerprint density at radius 3 is 2.25 bits per heavy atom. The fraction of sp³-hybridized carbons (Fsp3) is 0.500. The molecule has 0 unspecified atom stereocenters. The summed E-state index contributed by atoms with van der Waals surface area (Å²) in [5.74, 6) is -0.617. The standard InChI is InChI=1S/C16H21Cl2N3O2.ClH/c1-9(2)14(19)15(23)20-8-12(22)21-16(6-7-16)13-10(17)4-3-5-11(13)18;/h3-5,9,14H,6-8,19H2,1-2H3,(H,20,23)(H,21,22);1H/t14-;/m0./s1. The van der Waals surface area contributed by atoms with E-state index < -0.39 is 11.6 Å². The second-order valence-corrected chi connectivity index (χ2v) is 7.03. The van der Waals surface area contributed by atoms with Gasteiger partial charge >= 0.3 is 0 Å². The average molecular weight is 395 g/mol. The lowest BCUT2D eigenvalue weighted by Crippen LogP contribution is -2.48. The van der Waals surface area contributed by atoms with Gasteiger partial charge in [0.1, 0.15) is 0 Å². The van der Waals surface area contributed by atoms with Gasteiger partial charge in [-0.2, -0.15) is 0 Å². The van der Waals surface area contributed by atoms with Crippen LogP contribution in [0.3, 0.4) is 0 Å². The van der Waals surface area contributed by atoms with Gasteiger partial charge in [0.25, 0.3) is 0 Å². The van der Waals surface area contributed by atoms with Gasteiger partial charge in [-0.1, -0.05) is 43.1 Å². The van der Waals surface area contributed by atoms with Crippen LogP contribution in [-0.2, 0) is 15.1 Å². The molecule has 0 aromatic heterocycles. The number of rotatable bonds is 6. The van der Waals surface area contributed by atoms with Crippen molar-refractivity contribution in [1.82, 2.24) is 10.6 Å². The van der Waals surface area contributed by atoms with Crippen LogP contribution in [0.2, 0.25) is 10.0 Å². The van der Waals surface area contributed by atoms with Gasteiger partial charge in [-0.25, -0.2) is 0 Å². The number of carbonyl (C=O) groups excluding carboxylic acids is 2. The summed E-state index contributed by atoms with van der Waals surface area (Å²) in [6.45, 7) is 3.58. The predicted octanol–water partition coefficient (Wildman–Crippen LogP) is 2.62. The minimum absolute atomic E-state index is 0. The molecule has 1 aromatic rings. The summed E-state index contributed by atoms with van der Waals surface area (Å²) in [5, 5.41) is 6.54. The molecular weight excluding hydrogens is 373 g/mol. The van der Waals surface area contributed by atoms with Crippen LogP contribution in [0.1, 0.15) is 32.3 Å². The molecule has 8 heteroatoms. The summed E-state index contributed by atoms with van der Waals surface area (Å²) in [7, 11) is 0. The van der Waals surface area contributed by atoms with E-state index in [9.17, 15) is 9.59 Å². The number of hydrogen-bond donors (Lipinski definition) is 3. The van der Waals surface area contributed by atoms with Gasteiger partial charge in [0, 0.05) is 15.6 Å². The summed E-state index contributed by atoms with van der Waals surface area (Å²) in [4.78, 5) is 23.9. The minimum Gasteiger partial charge on any atom is -0.346 e. The third-order valence-corrected chi connectivity index (χ3v) is 4.64. The first-order valence-electron chi connectivity index (χ1n) is 7.55. The van der Waals surface area contributed by atoms with Crippen LogP contribution in [0.4, 0.5) is 0 Å². The number of nitrogens with one attached hydrogen (secondary N) is 2. The lowest BCUT2D eigenvalue weighted by atomic mass is 10.0. The first-order valence-corrected chi connectivity index (χ1v) is 8.31.